The van der Waals surface area contributed by atoms with Crippen molar-refractivity contribution in [3.05, 3.63) is 55.0 Å². The van der Waals surface area contributed by atoms with Gasteiger partial charge >= 0.3 is 0 Å². The van der Waals surface area contributed by atoms with Crippen LogP contribution < -0.4 is 15.2 Å². The van der Waals surface area contributed by atoms with E-state index in [0.717, 1.165) is 35.9 Å². The number of piperidine rings is 1. The zero-order valence-corrected chi connectivity index (χ0v) is 20.4. The molecule has 3 N–H and O–H groups in total. The van der Waals surface area contributed by atoms with E-state index in [9.17, 15) is 9.35 Å². The molecule has 1 aliphatic carbocycles. The Morgan fingerprint density at radius 2 is 2.06 bits per heavy atom. The molecule has 0 unspecified atom stereocenters. The highest BCUT2D eigenvalue weighted by atomic mass is 127. The molecule has 1 saturated heterocycles. The van der Waals surface area contributed by atoms with Crippen molar-refractivity contribution in [1.29, 1.82) is 0 Å². The van der Waals surface area contributed by atoms with E-state index in [1.54, 1.807) is 0 Å². The van der Waals surface area contributed by atoms with E-state index in [-0.39, 0.29) is 21.8 Å². The maximum absolute atomic E-state index is 13.1. The van der Waals surface area contributed by atoms with E-state index in [2.05, 4.69) is 79.2 Å². The summed E-state index contributed by atoms with van der Waals surface area (Å²) in [5.41, 5.74) is 4.57. The minimum absolute atomic E-state index is 0.0489. The fourth-order valence-electron chi connectivity index (χ4n) is 5.73. The maximum atomic E-state index is 13.1. The zero-order chi connectivity index (χ0) is 21.5. The molecule has 1 spiro atoms. The first kappa shape index (κ1) is 20.1. The normalized spacial score (nSPS) is 25.9. The molecule has 9 heteroatoms. The second-order valence-electron chi connectivity index (χ2n) is 9.48. The van der Waals surface area contributed by atoms with Gasteiger partial charge in [0.2, 0.25) is 5.95 Å². The summed E-state index contributed by atoms with van der Waals surface area (Å²) in [6.45, 7) is 5.75. The van der Waals surface area contributed by atoms with Crippen molar-refractivity contribution >= 4 is 50.9 Å². The Labute approximate surface area is 196 Å². The smallest absolute Gasteiger partial charge is 0.262 e. The number of anilines is 1. The number of fused-ring (bicyclic) bond motifs is 2. The highest BCUT2D eigenvalue weighted by molar-refractivity contribution is 14.1. The zero-order valence-electron chi connectivity index (χ0n) is 17.4. The van der Waals surface area contributed by atoms with Crippen molar-refractivity contribution in [1.82, 2.24) is 19.7 Å². The minimum atomic E-state index is -1.13. The number of rotatable bonds is 1. The highest BCUT2D eigenvalue weighted by Gasteiger charge is 2.56. The van der Waals surface area contributed by atoms with Crippen molar-refractivity contribution in [2.24, 2.45) is 5.41 Å². The molecule has 6 rings (SSSR count). The number of nitrogens with zero attached hydrogens (tertiary/aromatic N) is 2. The van der Waals surface area contributed by atoms with Crippen LogP contribution >= 0.6 is 22.6 Å². The second kappa shape index (κ2) is 6.72. The Balaban J connectivity index is 1.31. The van der Waals surface area contributed by atoms with E-state index < -0.39 is 11.4 Å². The molecule has 3 aliphatic rings. The number of benzene rings is 1. The lowest BCUT2D eigenvalue weighted by Gasteiger charge is -2.46. The van der Waals surface area contributed by atoms with E-state index in [4.69, 9.17) is 0 Å². The molecule has 1 fully saturated rings. The predicted molar refractivity (Wildman–Crippen MR) is 131 cm³/mol. The summed E-state index contributed by atoms with van der Waals surface area (Å²) in [6.07, 6.45) is 4.74. The number of aromatic nitrogens is 3. The molecule has 0 bridgehead atoms. The first-order valence-electron chi connectivity index (χ1n) is 10.6. The van der Waals surface area contributed by atoms with Gasteiger partial charge in [-0.15, -0.1) is 4.72 Å². The Morgan fingerprint density at radius 1 is 1.29 bits per heavy atom. The van der Waals surface area contributed by atoms with Crippen LogP contribution in [0.5, 0.6) is 0 Å². The number of hydrogen-bond donors (Lipinski definition) is 3. The monoisotopic (exact) mass is 549 g/mol. The van der Waals surface area contributed by atoms with Gasteiger partial charge in [-0.05, 0) is 66.8 Å². The molecule has 7 nitrogen and oxygen atoms in total. The summed E-state index contributed by atoms with van der Waals surface area (Å²) in [6, 6.07) is 6.62. The molecule has 3 aromatic rings. The van der Waals surface area contributed by atoms with Crippen LogP contribution in [0.15, 0.2) is 29.2 Å². The molecule has 1 aromatic carbocycles. The highest BCUT2D eigenvalue weighted by Crippen LogP contribution is 2.57. The second-order valence-corrected chi connectivity index (χ2v) is 12.4. The summed E-state index contributed by atoms with van der Waals surface area (Å²) in [5.74, 6) is 0.628. The molecule has 0 saturated carbocycles. The summed E-state index contributed by atoms with van der Waals surface area (Å²) in [5, 5.41) is 0.619. The lowest BCUT2D eigenvalue weighted by molar-refractivity contribution is 0.172. The molecule has 2 aliphatic heterocycles. The summed E-state index contributed by atoms with van der Waals surface area (Å²) >= 11 is 1.02. The van der Waals surface area contributed by atoms with Crippen molar-refractivity contribution in [3.8, 4) is 0 Å². The van der Waals surface area contributed by atoms with Gasteiger partial charge in [-0.25, -0.2) is 0 Å². The average Bonchev–Trinajstić information content (AvgIpc) is 3.26. The Kier molecular flexibility index (Phi) is 4.35. The number of halogens is 1. The Bertz CT molecular complexity index is 1260. The third-order valence-corrected chi connectivity index (χ3v) is 9.96. The predicted octanol–water partition coefficient (Wildman–Crippen LogP) is 3.24. The van der Waals surface area contributed by atoms with Gasteiger partial charge in [0.15, 0.2) is 4.75 Å². The maximum Gasteiger partial charge on any atom is 0.262 e. The van der Waals surface area contributed by atoms with E-state index in [1.165, 1.54) is 16.7 Å². The Hall–Kier alpha value is -1.56. The molecule has 0 radical (unpaired) electrons. The third kappa shape index (κ3) is 2.79. The van der Waals surface area contributed by atoms with Crippen LogP contribution in [0, 0.1) is 8.99 Å². The molecule has 162 valence electrons. The first-order valence-corrected chi connectivity index (χ1v) is 12.9. The first-order chi connectivity index (χ1) is 14.8. The van der Waals surface area contributed by atoms with Gasteiger partial charge < -0.3 is 14.4 Å². The van der Waals surface area contributed by atoms with Crippen LogP contribution in [0.25, 0.3) is 11.0 Å². The van der Waals surface area contributed by atoms with Gasteiger partial charge in [-0.1, -0.05) is 18.2 Å². The fourth-order valence-corrected chi connectivity index (χ4v) is 7.64. The molecule has 2 aromatic heterocycles. The van der Waals surface area contributed by atoms with Crippen LogP contribution in [0.3, 0.4) is 0 Å². The average molecular weight is 549 g/mol. The third-order valence-electron chi connectivity index (χ3n) is 7.52. The number of H-pyrrole nitrogens is 2. The van der Waals surface area contributed by atoms with Gasteiger partial charge in [0.05, 0.1) is 11.4 Å². The number of hydrogen-bond acceptors (Lipinski definition) is 5. The summed E-state index contributed by atoms with van der Waals surface area (Å²) in [4.78, 5) is 25.5. The number of aromatic amines is 2. The molecule has 4 heterocycles. The van der Waals surface area contributed by atoms with Crippen LogP contribution in [-0.2, 0) is 22.5 Å². The van der Waals surface area contributed by atoms with Gasteiger partial charge in [-0.3, -0.25) is 9.78 Å². The van der Waals surface area contributed by atoms with Crippen molar-refractivity contribution in [3.63, 3.8) is 0 Å². The minimum Gasteiger partial charge on any atom is -0.597 e. The molecular formula is C22H24IN5O2S. The standard InChI is InChI=1S/C22H24IN5O2S/c1-21(2)13-5-3-4-12-10-22(17(15(12)13)27-31(21)30)6-8-28(9-7-22)20-25-18-16(19(29)26-20)14(23)11-24-18/h3-5,11,17,27H,6-10H2,1-2H3,(H2,24,25,26,29)/t17-,31-/m1/s1. The van der Waals surface area contributed by atoms with Crippen LogP contribution in [0.2, 0.25) is 0 Å². The topological polar surface area (TPSA) is 99.9 Å². The van der Waals surface area contributed by atoms with Crippen LogP contribution in [-0.4, -0.2) is 32.6 Å². The fraction of sp³-hybridized carbons (Fsp3) is 0.455. The number of nitrogens with one attached hydrogen (secondary N) is 3. The van der Waals surface area contributed by atoms with Crippen molar-refractivity contribution in [2.45, 2.75) is 43.9 Å². The van der Waals surface area contributed by atoms with Crippen molar-refractivity contribution < 1.29 is 4.55 Å². The van der Waals surface area contributed by atoms with Crippen LogP contribution in [0.1, 0.15) is 49.4 Å². The molecule has 2 atom stereocenters. The lowest BCUT2D eigenvalue weighted by atomic mass is 9.72. The quantitative estimate of drug-likeness (QED) is 0.320. The molecule has 31 heavy (non-hydrogen) atoms. The molecule has 0 amide bonds. The summed E-state index contributed by atoms with van der Waals surface area (Å²) < 4.78 is 17.1. The van der Waals surface area contributed by atoms with Crippen LogP contribution in [0.4, 0.5) is 5.95 Å². The molecular weight excluding hydrogens is 525 g/mol. The van der Waals surface area contributed by atoms with E-state index >= 15 is 0 Å². The van der Waals surface area contributed by atoms with E-state index in [1.807, 2.05) is 6.20 Å². The van der Waals surface area contributed by atoms with Gasteiger partial charge in [-0.2, -0.15) is 4.98 Å². The Morgan fingerprint density at radius 3 is 2.84 bits per heavy atom. The summed E-state index contributed by atoms with van der Waals surface area (Å²) in [7, 11) is 0. The largest absolute Gasteiger partial charge is 0.597 e. The van der Waals surface area contributed by atoms with Crippen molar-refractivity contribution in [2.75, 3.05) is 18.0 Å². The lowest BCUT2D eigenvalue weighted by Crippen LogP contribution is -2.53. The van der Waals surface area contributed by atoms with Gasteiger partial charge in [0, 0.05) is 45.2 Å². The van der Waals surface area contributed by atoms with Gasteiger partial charge in [0.1, 0.15) is 5.65 Å². The van der Waals surface area contributed by atoms with Gasteiger partial charge in [0.25, 0.3) is 5.56 Å². The van der Waals surface area contributed by atoms with E-state index in [0.29, 0.717) is 17.0 Å². The SMILES string of the molecule is CC1(C)c2cccc3c2[C@@H](N[S@+]1[O-])C1(CCN(c2nc4[nH]cc(I)c4c(=O)[nH]2)CC1)C3.